The van der Waals surface area contributed by atoms with Crippen LogP contribution in [0.2, 0.25) is 0 Å². The largest absolute Gasteiger partial charge is 0.507 e. The molecule has 0 amide bonds. The van der Waals surface area contributed by atoms with E-state index < -0.39 is 11.5 Å². The van der Waals surface area contributed by atoms with Crippen molar-refractivity contribution in [2.24, 2.45) is 0 Å². The number of hydrogen-bond acceptors (Lipinski definition) is 5. The van der Waals surface area contributed by atoms with Crippen LogP contribution in [0, 0.1) is 0 Å². The minimum atomic E-state index is -0.517. The van der Waals surface area contributed by atoms with E-state index in [2.05, 4.69) is 6.58 Å². The lowest BCUT2D eigenvalue weighted by atomic mass is 9.88. The highest BCUT2D eigenvalue weighted by atomic mass is 16.3. The first-order valence-corrected chi connectivity index (χ1v) is 8.24. The molecule has 5 nitrogen and oxygen atoms in total. The van der Waals surface area contributed by atoms with Crippen molar-refractivity contribution < 1.29 is 25.2 Å². The number of hydrogen-bond donors (Lipinski definition) is 4. The number of aliphatic hydroxyl groups excluding tert-OH is 1. The third-order valence-corrected chi connectivity index (χ3v) is 4.24. The fraction of sp³-hybridized carbons (Fsp3) is 0.0455. The summed E-state index contributed by atoms with van der Waals surface area (Å²) in [6, 6.07) is 9.65. The number of aliphatic hydroxyl groups is 1. The summed E-state index contributed by atoms with van der Waals surface area (Å²) >= 11 is 0. The number of rotatable bonds is 4. The quantitative estimate of drug-likeness (QED) is 0.488. The first-order chi connectivity index (χ1) is 12.9. The molecular formula is C22H18O5. The summed E-state index contributed by atoms with van der Waals surface area (Å²) in [6.45, 7) is 3.65. The molecule has 0 atom stereocenters. The molecule has 4 N–H and O–H groups in total. The molecule has 1 aliphatic carbocycles. The Bertz CT molecular complexity index is 1020. The van der Waals surface area contributed by atoms with Crippen LogP contribution in [0.3, 0.4) is 0 Å². The van der Waals surface area contributed by atoms with Crippen LogP contribution in [0.25, 0.3) is 5.57 Å². The average molecular weight is 362 g/mol. The smallest absolute Gasteiger partial charge is 0.220 e. The van der Waals surface area contributed by atoms with E-state index in [-0.39, 0.29) is 17.2 Å². The molecule has 1 aliphatic rings. The molecule has 136 valence electrons. The average Bonchev–Trinajstić information content (AvgIpc) is 2.64. The maximum atomic E-state index is 11.6. The van der Waals surface area contributed by atoms with Crippen molar-refractivity contribution >= 4 is 11.4 Å². The van der Waals surface area contributed by atoms with Crippen molar-refractivity contribution in [2.45, 2.75) is 6.42 Å². The van der Waals surface area contributed by atoms with E-state index in [4.69, 9.17) is 0 Å². The van der Waals surface area contributed by atoms with Crippen LogP contribution in [-0.4, -0.2) is 26.2 Å². The van der Waals surface area contributed by atoms with Crippen LogP contribution in [0.4, 0.5) is 0 Å². The van der Waals surface area contributed by atoms with Crippen molar-refractivity contribution in [3.63, 3.8) is 0 Å². The van der Waals surface area contributed by atoms with Gasteiger partial charge in [-0.2, -0.15) is 0 Å². The Balaban J connectivity index is 2.33. The maximum Gasteiger partial charge on any atom is 0.220 e. The van der Waals surface area contributed by atoms with Gasteiger partial charge in [0, 0.05) is 16.7 Å². The summed E-state index contributed by atoms with van der Waals surface area (Å²) < 4.78 is 0. The summed E-state index contributed by atoms with van der Waals surface area (Å²) in [5.74, 6) is -1.50. The SMILES string of the molecule is C=CCc1cc(/C(=C2\C=CC(=O)C(O)=C2)c2ccccc2O)cc(O)c1O. The number of carbonyl (C=O) groups excluding carboxylic acids is 1. The molecule has 0 spiro atoms. The molecule has 0 unspecified atom stereocenters. The van der Waals surface area contributed by atoms with Crippen molar-refractivity contribution in [1.29, 1.82) is 0 Å². The number of para-hydroxylation sites is 1. The summed E-state index contributed by atoms with van der Waals surface area (Å²) in [4.78, 5) is 11.6. The highest BCUT2D eigenvalue weighted by molar-refractivity contribution is 6.05. The molecule has 0 saturated heterocycles. The molecule has 0 saturated carbocycles. The standard InChI is InChI=1S/C22H18O5/c1-2-5-14-10-15(12-20(26)22(14)27)21(16-6-3-4-7-17(16)23)13-8-9-18(24)19(25)11-13/h2-4,6-12,23,25-27H,1,5H2/b21-13-. The minimum absolute atomic E-state index is 0.00368. The maximum absolute atomic E-state index is 11.6. The van der Waals surface area contributed by atoms with Gasteiger partial charge in [0.25, 0.3) is 0 Å². The van der Waals surface area contributed by atoms with Crippen LogP contribution in [0.1, 0.15) is 16.7 Å². The van der Waals surface area contributed by atoms with Crippen LogP contribution >= 0.6 is 0 Å². The molecule has 0 bridgehead atoms. The van der Waals surface area contributed by atoms with Crippen LogP contribution in [-0.2, 0) is 11.2 Å². The Hall–Kier alpha value is -3.73. The number of allylic oxidation sites excluding steroid dienone is 5. The van der Waals surface area contributed by atoms with Gasteiger partial charge in [-0.05, 0) is 47.9 Å². The first kappa shape index (κ1) is 18.1. The fourth-order valence-electron chi connectivity index (χ4n) is 2.97. The predicted molar refractivity (Wildman–Crippen MR) is 103 cm³/mol. The molecule has 3 rings (SSSR count). The Morgan fingerprint density at radius 3 is 2.41 bits per heavy atom. The third kappa shape index (κ3) is 3.48. The summed E-state index contributed by atoms with van der Waals surface area (Å²) in [5.41, 5.74) is 2.37. The van der Waals surface area contributed by atoms with Gasteiger partial charge in [-0.15, -0.1) is 6.58 Å². The van der Waals surface area contributed by atoms with E-state index >= 15 is 0 Å². The second kappa shape index (κ2) is 7.25. The first-order valence-electron chi connectivity index (χ1n) is 8.24. The van der Waals surface area contributed by atoms with Gasteiger partial charge in [-0.25, -0.2) is 0 Å². The lowest BCUT2D eigenvalue weighted by Gasteiger charge is -2.17. The summed E-state index contributed by atoms with van der Waals surface area (Å²) in [6.07, 6.45) is 5.99. The summed E-state index contributed by atoms with van der Waals surface area (Å²) in [5, 5.41) is 40.4. The molecule has 0 aromatic heterocycles. The number of carbonyl (C=O) groups is 1. The van der Waals surface area contributed by atoms with Gasteiger partial charge in [0.1, 0.15) is 5.75 Å². The normalized spacial score (nSPS) is 15.4. The lowest BCUT2D eigenvalue weighted by molar-refractivity contribution is -0.113. The number of phenolic OH excluding ortho intramolecular Hbond substituents is 3. The molecule has 2 aromatic carbocycles. The van der Waals surface area contributed by atoms with Gasteiger partial charge in [-0.3, -0.25) is 4.79 Å². The van der Waals surface area contributed by atoms with Gasteiger partial charge in [0.05, 0.1) is 0 Å². The van der Waals surface area contributed by atoms with Crippen molar-refractivity contribution in [3.05, 3.63) is 95.3 Å². The highest BCUT2D eigenvalue weighted by Crippen LogP contribution is 2.40. The van der Waals surface area contributed by atoms with Gasteiger partial charge in [0.15, 0.2) is 17.3 Å². The highest BCUT2D eigenvalue weighted by Gasteiger charge is 2.20. The number of aromatic hydroxyl groups is 3. The zero-order chi connectivity index (χ0) is 19.6. The van der Waals surface area contributed by atoms with E-state index in [1.807, 2.05) is 0 Å². The number of benzene rings is 2. The Kier molecular flexibility index (Phi) is 4.86. The molecule has 2 aromatic rings. The fourth-order valence-corrected chi connectivity index (χ4v) is 2.97. The van der Waals surface area contributed by atoms with Gasteiger partial charge < -0.3 is 20.4 Å². The Morgan fingerprint density at radius 1 is 1.00 bits per heavy atom. The zero-order valence-electron chi connectivity index (χ0n) is 14.4. The van der Waals surface area contributed by atoms with E-state index in [0.717, 1.165) is 0 Å². The van der Waals surface area contributed by atoms with Crippen molar-refractivity contribution in [2.75, 3.05) is 0 Å². The topological polar surface area (TPSA) is 98.0 Å². The van der Waals surface area contributed by atoms with Gasteiger partial charge in [-0.1, -0.05) is 30.4 Å². The van der Waals surface area contributed by atoms with Gasteiger partial charge in [0.2, 0.25) is 5.78 Å². The number of ketones is 1. The Morgan fingerprint density at radius 2 is 1.74 bits per heavy atom. The number of phenols is 3. The van der Waals surface area contributed by atoms with E-state index in [9.17, 15) is 25.2 Å². The van der Waals surface area contributed by atoms with Crippen molar-refractivity contribution in [3.8, 4) is 17.2 Å². The zero-order valence-corrected chi connectivity index (χ0v) is 14.4. The molecule has 27 heavy (non-hydrogen) atoms. The van der Waals surface area contributed by atoms with Crippen molar-refractivity contribution in [1.82, 2.24) is 0 Å². The third-order valence-electron chi connectivity index (χ3n) is 4.24. The van der Waals surface area contributed by atoms with Crippen LogP contribution < -0.4 is 0 Å². The predicted octanol–water partition coefficient (Wildman–Crippen LogP) is 3.91. The second-order valence-corrected chi connectivity index (χ2v) is 6.07. The van der Waals surface area contributed by atoms with Crippen LogP contribution in [0.5, 0.6) is 17.2 Å². The van der Waals surface area contributed by atoms with E-state index in [1.54, 1.807) is 30.3 Å². The van der Waals surface area contributed by atoms with E-state index in [0.29, 0.717) is 34.3 Å². The monoisotopic (exact) mass is 362 g/mol. The Labute approximate surface area is 156 Å². The molecular weight excluding hydrogens is 344 g/mol. The van der Waals surface area contributed by atoms with E-state index in [1.165, 1.54) is 30.4 Å². The molecule has 0 heterocycles. The summed E-state index contributed by atoms with van der Waals surface area (Å²) in [7, 11) is 0. The minimum Gasteiger partial charge on any atom is -0.507 e. The lowest BCUT2D eigenvalue weighted by Crippen LogP contribution is -2.04. The van der Waals surface area contributed by atoms with Gasteiger partial charge >= 0.3 is 0 Å². The second-order valence-electron chi connectivity index (χ2n) is 6.07. The molecule has 5 heteroatoms. The molecule has 0 aliphatic heterocycles. The molecule has 0 fully saturated rings. The molecule has 0 radical (unpaired) electrons. The van der Waals surface area contributed by atoms with Crippen LogP contribution in [0.15, 0.2) is 78.6 Å².